The number of ether oxygens (including phenoxy) is 3. The molecule has 150 valence electrons. The second-order valence-corrected chi connectivity index (χ2v) is 7.01. The lowest BCUT2D eigenvalue weighted by Crippen LogP contribution is -2.25. The van der Waals surface area contributed by atoms with Crippen molar-refractivity contribution in [3.05, 3.63) is 47.8 Å². The van der Waals surface area contributed by atoms with Crippen molar-refractivity contribution in [2.24, 2.45) is 0 Å². The van der Waals surface area contributed by atoms with E-state index in [2.05, 4.69) is 22.4 Å². The van der Waals surface area contributed by atoms with Crippen molar-refractivity contribution in [1.29, 1.82) is 0 Å². The van der Waals surface area contributed by atoms with Gasteiger partial charge in [-0.05, 0) is 55.4 Å². The molecule has 0 spiro atoms. The maximum atomic E-state index is 10.4. The molecule has 28 heavy (non-hydrogen) atoms. The lowest BCUT2D eigenvalue weighted by Gasteiger charge is -2.30. The van der Waals surface area contributed by atoms with E-state index in [0.29, 0.717) is 18.6 Å². The van der Waals surface area contributed by atoms with Crippen molar-refractivity contribution in [2.45, 2.75) is 44.2 Å². The molecule has 0 amide bonds. The second kappa shape index (κ2) is 10.1. The molecule has 0 aliphatic heterocycles. The van der Waals surface area contributed by atoms with Gasteiger partial charge >= 0.3 is 0 Å². The maximum Gasteiger partial charge on any atom is 0.165 e. The van der Waals surface area contributed by atoms with Crippen LogP contribution < -0.4 is 14.8 Å². The van der Waals surface area contributed by atoms with Gasteiger partial charge in [0.25, 0.3) is 0 Å². The van der Waals surface area contributed by atoms with Gasteiger partial charge in [0, 0.05) is 19.3 Å². The molecule has 1 fully saturated rings. The predicted molar refractivity (Wildman–Crippen MR) is 108 cm³/mol. The van der Waals surface area contributed by atoms with E-state index in [-0.39, 0.29) is 6.61 Å². The van der Waals surface area contributed by atoms with Crippen LogP contribution in [0.4, 0.5) is 5.69 Å². The summed E-state index contributed by atoms with van der Waals surface area (Å²) in [7, 11) is 3.32. The lowest BCUT2D eigenvalue weighted by molar-refractivity contribution is -0.109. The Morgan fingerprint density at radius 3 is 2.50 bits per heavy atom. The number of methoxy groups -OCH3 is 2. The third kappa shape index (κ3) is 5.01. The third-order valence-electron chi connectivity index (χ3n) is 5.22. The third-order valence-corrected chi connectivity index (χ3v) is 5.22. The number of pyridine rings is 1. The number of hydrogen-bond donors (Lipinski definition) is 1. The monoisotopic (exact) mass is 384 g/mol. The van der Waals surface area contributed by atoms with Gasteiger partial charge in [-0.1, -0.05) is 12.1 Å². The number of aromatic nitrogens is 1. The zero-order valence-electron chi connectivity index (χ0n) is 16.5. The van der Waals surface area contributed by atoms with E-state index in [4.69, 9.17) is 14.2 Å². The Kier molecular flexibility index (Phi) is 7.25. The standard InChI is InChI=1S/C22H28N2O4/c1-26-15-21-22(27-2)20(11-12-23-21)24-18-7-3-16(4-8-18)17-5-9-19(10-6-17)28-14-13-25/h5-6,9-13,16,18H,3-4,7-8,14-15H2,1-2H3,(H,23,24). The first-order valence-electron chi connectivity index (χ1n) is 9.69. The summed E-state index contributed by atoms with van der Waals surface area (Å²) in [4.78, 5) is 14.7. The number of nitrogens with zero attached hydrogens (tertiary/aromatic N) is 1. The van der Waals surface area contributed by atoms with Crippen molar-refractivity contribution in [3.8, 4) is 11.5 Å². The van der Waals surface area contributed by atoms with E-state index in [1.54, 1.807) is 20.4 Å². The topological polar surface area (TPSA) is 69.7 Å². The molecule has 0 unspecified atom stereocenters. The number of carbonyl (C=O) groups is 1. The van der Waals surface area contributed by atoms with Crippen LogP contribution >= 0.6 is 0 Å². The molecule has 2 aromatic rings. The average Bonchev–Trinajstić information content (AvgIpc) is 2.74. The Bertz CT molecular complexity index is 756. The quantitative estimate of drug-likeness (QED) is 0.660. The van der Waals surface area contributed by atoms with Gasteiger partial charge < -0.3 is 19.5 Å². The van der Waals surface area contributed by atoms with Crippen molar-refractivity contribution in [2.75, 3.05) is 26.1 Å². The van der Waals surface area contributed by atoms with Crippen molar-refractivity contribution >= 4 is 12.0 Å². The molecule has 1 aliphatic rings. The summed E-state index contributed by atoms with van der Waals surface area (Å²) in [6.45, 7) is 0.526. The molecular formula is C22H28N2O4. The highest BCUT2D eigenvalue weighted by Crippen LogP contribution is 2.36. The molecule has 1 saturated carbocycles. The molecule has 0 radical (unpaired) electrons. The summed E-state index contributed by atoms with van der Waals surface area (Å²) < 4.78 is 16.1. The molecule has 6 heteroatoms. The van der Waals surface area contributed by atoms with Crippen LogP contribution in [-0.2, 0) is 16.1 Å². The smallest absolute Gasteiger partial charge is 0.165 e. The van der Waals surface area contributed by atoms with E-state index >= 15 is 0 Å². The Balaban J connectivity index is 1.57. The fourth-order valence-corrected chi connectivity index (χ4v) is 3.83. The van der Waals surface area contributed by atoms with Gasteiger partial charge in [-0.15, -0.1) is 0 Å². The molecule has 1 N–H and O–H groups in total. The number of rotatable bonds is 9. The van der Waals surface area contributed by atoms with Crippen molar-refractivity contribution < 1.29 is 19.0 Å². The van der Waals surface area contributed by atoms with Crippen LogP contribution in [0.3, 0.4) is 0 Å². The molecule has 3 rings (SSSR count). The zero-order chi connectivity index (χ0) is 19.8. The predicted octanol–water partition coefficient (Wildman–Crippen LogP) is 3.95. The molecular weight excluding hydrogens is 356 g/mol. The molecule has 0 atom stereocenters. The van der Waals surface area contributed by atoms with E-state index < -0.39 is 0 Å². The van der Waals surface area contributed by atoms with Crippen LogP contribution in [0, 0.1) is 0 Å². The van der Waals surface area contributed by atoms with Crippen LogP contribution in [0.25, 0.3) is 0 Å². The summed E-state index contributed by atoms with van der Waals surface area (Å²) in [5.41, 5.74) is 3.12. The van der Waals surface area contributed by atoms with Crippen molar-refractivity contribution in [1.82, 2.24) is 4.98 Å². The van der Waals surface area contributed by atoms with E-state index in [1.165, 1.54) is 5.56 Å². The van der Waals surface area contributed by atoms with Crippen LogP contribution in [0.5, 0.6) is 11.5 Å². The molecule has 6 nitrogen and oxygen atoms in total. The number of hydrogen-bond acceptors (Lipinski definition) is 6. The molecule has 1 aromatic heterocycles. The molecule has 1 aromatic carbocycles. The van der Waals surface area contributed by atoms with Gasteiger partial charge in [-0.3, -0.25) is 9.78 Å². The van der Waals surface area contributed by atoms with Gasteiger partial charge in [0.05, 0.1) is 19.4 Å². The van der Waals surface area contributed by atoms with E-state index in [0.717, 1.165) is 54.8 Å². The fraction of sp³-hybridized carbons (Fsp3) is 0.455. The van der Waals surface area contributed by atoms with Crippen LogP contribution in [0.15, 0.2) is 36.5 Å². The first kappa shape index (κ1) is 20.1. The first-order valence-corrected chi connectivity index (χ1v) is 9.69. The number of aldehydes is 1. The molecule has 1 aliphatic carbocycles. The van der Waals surface area contributed by atoms with Crippen LogP contribution in [0.2, 0.25) is 0 Å². The summed E-state index contributed by atoms with van der Waals surface area (Å²) in [6.07, 6.45) is 7.00. The van der Waals surface area contributed by atoms with Gasteiger partial charge in [0.2, 0.25) is 0 Å². The largest absolute Gasteiger partial charge is 0.493 e. The summed E-state index contributed by atoms with van der Waals surface area (Å²) >= 11 is 0. The minimum Gasteiger partial charge on any atom is -0.493 e. The van der Waals surface area contributed by atoms with Gasteiger partial charge in [-0.2, -0.15) is 0 Å². The fourth-order valence-electron chi connectivity index (χ4n) is 3.83. The number of benzene rings is 1. The summed E-state index contributed by atoms with van der Waals surface area (Å²) in [5, 5.41) is 3.63. The number of anilines is 1. The Labute approximate surface area is 166 Å². The minimum absolute atomic E-state index is 0.0979. The normalized spacial score (nSPS) is 19.1. The van der Waals surface area contributed by atoms with Crippen LogP contribution in [-0.4, -0.2) is 38.1 Å². The second-order valence-electron chi connectivity index (χ2n) is 7.01. The molecule has 0 saturated heterocycles. The lowest BCUT2D eigenvalue weighted by atomic mass is 9.81. The summed E-state index contributed by atoms with van der Waals surface area (Å²) in [5.74, 6) is 2.06. The molecule has 1 heterocycles. The maximum absolute atomic E-state index is 10.4. The van der Waals surface area contributed by atoms with E-state index in [1.807, 2.05) is 18.2 Å². The highest BCUT2D eigenvalue weighted by molar-refractivity contribution is 5.58. The van der Waals surface area contributed by atoms with Crippen LogP contribution in [0.1, 0.15) is 42.9 Å². The highest BCUT2D eigenvalue weighted by Gasteiger charge is 2.23. The number of carbonyl (C=O) groups excluding carboxylic acids is 1. The van der Waals surface area contributed by atoms with Crippen molar-refractivity contribution in [3.63, 3.8) is 0 Å². The average molecular weight is 384 g/mol. The zero-order valence-corrected chi connectivity index (χ0v) is 16.5. The minimum atomic E-state index is 0.0979. The highest BCUT2D eigenvalue weighted by atomic mass is 16.5. The number of nitrogens with one attached hydrogen (secondary N) is 1. The Morgan fingerprint density at radius 2 is 1.86 bits per heavy atom. The Hall–Kier alpha value is -2.60. The van der Waals surface area contributed by atoms with Gasteiger partial charge in [-0.25, -0.2) is 0 Å². The SMILES string of the molecule is COCc1nccc(NC2CCC(c3ccc(OCC=O)cc3)CC2)c1OC. The summed E-state index contributed by atoms with van der Waals surface area (Å²) in [6, 6.07) is 10.5. The molecule has 0 bridgehead atoms. The van der Waals surface area contributed by atoms with E-state index in [9.17, 15) is 4.79 Å². The first-order chi connectivity index (χ1) is 13.7. The Morgan fingerprint density at radius 1 is 1.11 bits per heavy atom. The van der Waals surface area contributed by atoms with Gasteiger partial charge in [0.15, 0.2) is 12.0 Å². The van der Waals surface area contributed by atoms with Gasteiger partial charge in [0.1, 0.15) is 18.1 Å².